The van der Waals surface area contributed by atoms with Crippen LogP contribution < -0.4 is 4.40 Å². The minimum atomic E-state index is -2.38. The van der Waals surface area contributed by atoms with Crippen molar-refractivity contribution in [3.8, 4) is 22.6 Å². The molecule has 213 valence electrons. The van der Waals surface area contributed by atoms with Crippen molar-refractivity contribution in [2.45, 2.75) is 24.1 Å². The van der Waals surface area contributed by atoms with Gasteiger partial charge in [0, 0.05) is 32.5 Å². The molecular weight excluding hydrogens is 764 g/mol. The van der Waals surface area contributed by atoms with E-state index in [-0.39, 0.29) is 31.2 Å². The van der Waals surface area contributed by atoms with Gasteiger partial charge in [0.25, 0.3) is 0 Å². The molecule has 0 atom stereocenters. The summed E-state index contributed by atoms with van der Waals surface area (Å²) < 4.78 is 45.7. The second-order valence-electron chi connectivity index (χ2n) is 10.8. The van der Waals surface area contributed by atoms with E-state index in [1.807, 2.05) is 49.5 Å². The number of halogens is 1. The molecule has 42 heavy (non-hydrogen) atoms. The van der Waals surface area contributed by atoms with Gasteiger partial charge in [0.15, 0.2) is 0 Å². The first kappa shape index (κ1) is 26.0. The van der Waals surface area contributed by atoms with E-state index in [2.05, 4.69) is 56.2 Å². The first-order valence-corrected chi connectivity index (χ1v) is 20.6. The third-order valence-electron chi connectivity index (χ3n) is 6.98. The molecule has 0 fully saturated rings. The number of aryl methyl sites for hydroxylation is 2. The van der Waals surface area contributed by atoms with Crippen LogP contribution in [0, 0.1) is 24.9 Å². The molecule has 1 radical (unpaired) electrons. The van der Waals surface area contributed by atoms with Gasteiger partial charge in [0.1, 0.15) is 11.3 Å². The Bertz CT molecular complexity index is 2150. The van der Waals surface area contributed by atoms with Gasteiger partial charge in [-0.2, -0.15) is 0 Å². The Morgan fingerprint density at radius 3 is 2.52 bits per heavy atom. The summed E-state index contributed by atoms with van der Waals surface area (Å²) in [7, 11) is 2.01. The largest absolute Gasteiger partial charge is 0 e. The summed E-state index contributed by atoms with van der Waals surface area (Å²) >= 11 is -2.38. The average molecular weight is 796 g/mol. The second-order valence-corrected chi connectivity index (χ2v) is 21.4. The van der Waals surface area contributed by atoms with Crippen LogP contribution in [0.15, 0.2) is 89.5 Å². The molecular formula is C34H29FGeIrN4O-2. The molecule has 5 nitrogen and oxygen atoms in total. The zero-order chi connectivity index (χ0) is 31.2. The molecule has 0 saturated heterocycles. The van der Waals surface area contributed by atoms with Crippen LogP contribution in [-0.4, -0.2) is 32.8 Å². The number of rotatable bonds is 3. The van der Waals surface area contributed by atoms with E-state index in [1.165, 1.54) is 12.1 Å². The van der Waals surface area contributed by atoms with Gasteiger partial charge in [0.05, 0.1) is 16.9 Å². The van der Waals surface area contributed by atoms with Crippen LogP contribution in [-0.2, 0) is 27.2 Å². The van der Waals surface area contributed by atoms with Gasteiger partial charge >= 0.3 is 114 Å². The van der Waals surface area contributed by atoms with Crippen molar-refractivity contribution in [2.24, 2.45) is 7.05 Å². The minimum Gasteiger partial charge on any atom is 0 e. The number of nitrogens with zero attached hydrogens (tertiary/aromatic N) is 4. The number of para-hydroxylation sites is 3. The van der Waals surface area contributed by atoms with Crippen molar-refractivity contribution >= 4 is 50.8 Å². The zero-order valence-electron chi connectivity index (χ0n) is 26.5. The molecule has 8 heteroatoms. The van der Waals surface area contributed by atoms with E-state index in [0.717, 1.165) is 43.2 Å². The van der Waals surface area contributed by atoms with Crippen LogP contribution in [0.3, 0.4) is 0 Å². The van der Waals surface area contributed by atoms with Gasteiger partial charge in [-0.25, -0.2) is 0 Å². The first-order valence-electron chi connectivity index (χ1n) is 14.7. The molecule has 0 unspecified atom stereocenters. The maximum Gasteiger partial charge on any atom is 0 e. The monoisotopic (exact) mass is 798 g/mol. The molecule has 4 aromatic heterocycles. The van der Waals surface area contributed by atoms with E-state index in [1.54, 1.807) is 18.3 Å². The Morgan fingerprint density at radius 1 is 0.976 bits per heavy atom. The molecule has 0 aliphatic carbocycles. The topological polar surface area (TPSA) is 56.7 Å². The zero-order valence-corrected chi connectivity index (χ0v) is 28.0. The summed E-state index contributed by atoms with van der Waals surface area (Å²) in [5.41, 5.74) is 5.17. The molecule has 0 N–H and O–H groups in total. The quantitative estimate of drug-likeness (QED) is 0.135. The first-order chi connectivity index (χ1) is 20.9. The predicted octanol–water partition coefficient (Wildman–Crippen LogP) is 7.87. The Kier molecular flexibility index (Phi) is 7.38. The molecule has 7 aromatic rings. The standard InChI is InChI=1S/C19H12N3O.C15H17FGeN.Ir/c1-22-16-8-4-3-7-15(16)21-18(22)12-10-14-13-6-2-5-9-17(13)23-19(14)20-11-12;1-11-9-15(12-7-5-6-8-13(12)16)18-10-14(11)17(2,3)4;/h2-10H,1H3;5-6,8-10H,1-4H3;/q2*-1;/i;1D3;. The number of imidazole rings is 1. The Labute approximate surface area is 264 Å². The summed E-state index contributed by atoms with van der Waals surface area (Å²) in [6, 6.07) is 26.8. The molecule has 0 aliphatic heterocycles. The van der Waals surface area contributed by atoms with Gasteiger partial charge in [-0.3, -0.25) is 4.98 Å². The van der Waals surface area contributed by atoms with E-state index in [0.29, 0.717) is 11.4 Å². The van der Waals surface area contributed by atoms with Crippen LogP contribution in [0.4, 0.5) is 4.39 Å². The Morgan fingerprint density at radius 2 is 1.76 bits per heavy atom. The molecule has 0 saturated carbocycles. The summed E-state index contributed by atoms with van der Waals surface area (Å²) in [5.74, 6) is 6.74. The van der Waals surface area contributed by atoms with Crippen LogP contribution in [0.25, 0.3) is 55.7 Å². The number of pyridine rings is 2. The molecule has 0 spiro atoms. The number of hydrogen-bond acceptors (Lipinski definition) is 4. The van der Waals surface area contributed by atoms with Gasteiger partial charge in [-0.1, -0.05) is 35.9 Å². The van der Waals surface area contributed by atoms with Crippen molar-refractivity contribution in [1.29, 1.82) is 0 Å². The number of fused-ring (bicyclic) bond motifs is 4. The number of benzene rings is 3. The van der Waals surface area contributed by atoms with Crippen LogP contribution in [0.5, 0.6) is 0 Å². The van der Waals surface area contributed by atoms with Gasteiger partial charge in [-0.15, -0.1) is 6.07 Å². The Hall–Kier alpha value is -3.65. The van der Waals surface area contributed by atoms with Crippen LogP contribution in [0.2, 0.25) is 17.3 Å². The van der Waals surface area contributed by atoms with Crippen molar-refractivity contribution in [2.75, 3.05) is 0 Å². The van der Waals surface area contributed by atoms with Gasteiger partial charge in [0.2, 0.25) is 0 Å². The number of hydrogen-bond donors (Lipinski definition) is 0. The van der Waals surface area contributed by atoms with E-state index < -0.39 is 25.9 Å². The van der Waals surface area contributed by atoms with Crippen molar-refractivity contribution in [1.82, 2.24) is 19.5 Å². The fourth-order valence-electron chi connectivity index (χ4n) is 4.87. The minimum absolute atomic E-state index is 0. The van der Waals surface area contributed by atoms with E-state index in [4.69, 9.17) is 13.5 Å². The SMILES string of the molecule is Cn1c(-c2[c-]nc3oc4ccccc4c3c2)nc2ccccc21.[2H]C([2H])([2H])c1cc(-c2[c-]cccc2F)nc[c]1[Ge]([CH3])([CH3])[CH3].[Ir]. The third kappa shape index (κ3) is 5.69. The van der Waals surface area contributed by atoms with Crippen molar-refractivity contribution in [3.63, 3.8) is 0 Å². The molecule has 0 amide bonds. The third-order valence-corrected chi connectivity index (χ3v) is 11.2. The maximum atomic E-state index is 13.8. The smallest absolute Gasteiger partial charge is 0 e. The van der Waals surface area contributed by atoms with E-state index >= 15 is 0 Å². The second kappa shape index (κ2) is 11.9. The molecule has 0 aliphatic rings. The predicted molar refractivity (Wildman–Crippen MR) is 166 cm³/mol. The summed E-state index contributed by atoms with van der Waals surface area (Å²) in [6.45, 7) is -2.23. The summed E-state index contributed by atoms with van der Waals surface area (Å²) in [6.07, 6.45) is 4.67. The van der Waals surface area contributed by atoms with Crippen LogP contribution >= 0.6 is 0 Å². The summed E-state index contributed by atoms with van der Waals surface area (Å²) in [4.78, 5) is 13.4. The average Bonchev–Trinajstić information content (AvgIpc) is 3.54. The number of furan rings is 1. The molecule has 0 bridgehead atoms. The molecule has 3 aromatic carbocycles. The van der Waals surface area contributed by atoms with Crippen molar-refractivity contribution < 1.29 is 33.0 Å². The molecule has 4 heterocycles. The normalized spacial score (nSPS) is 12.7. The fourth-order valence-corrected chi connectivity index (χ4v) is 7.66. The maximum absolute atomic E-state index is 13.8. The van der Waals surface area contributed by atoms with Gasteiger partial charge in [-0.05, 0) is 29.8 Å². The molecule has 7 rings (SSSR count). The van der Waals surface area contributed by atoms with Crippen LogP contribution in [0.1, 0.15) is 9.68 Å². The van der Waals surface area contributed by atoms with Gasteiger partial charge < -0.3 is 14.0 Å². The Balaban J connectivity index is 0.000000175. The number of aromatic nitrogens is 4. The fraction of sp³-hybridized carbons (Fsp3) is 0.147. The van der Waals surface area contributed by atoms with E-state index in [9.17, 15) is 4.39 Å². The van der Waals surface area contributed by atoms with Crippen molar-refractivity contribution in [3.05, 3.63) is 109 Å². The summed E-state index contributed by atoms with van der Waals surface area (Å²) in [5, 5.41) is 2.05.